The third-order valence-electron chi connectivity index (χ3n) is 2.30. The lowest BCUT2D eigenvalue weighted by Crippen LogP contribution is -2.11. The van der Waals surface area contributed by atoms with Gasteiger partial charge in [0, 0.05) is 17.7 Å². The van der Waals surface area contributed by atoms with Gasteiger partial charge in [0.2, 0.25) is 5.91 Å². The first-order valence-corrected chi connectivity index (χ1v) is 5.62. The Kier molecular flexibility index (Phi) is 3.41. The van der Waals surface area contributed by atoms with E-state index in [1.165, 1.54) is 0 Å². The number of rotatable bonds is 4. The van der Waals surface area contributed by atoms with Crippen molar-refractivity contribution in [3.63, 3.8) is 0 Å². The molecule has 0 unspecified atom stereocenters. The van der Waals surface area contributed by atoms with Crippen LogP contribution in [0.4, 0.5) is 5.69 Å². The van der Waals surface area contributed by atoms with Gasteiger partial charge in [-0.25, -0.2) is 0 Å². The predicted octanol–water partition coefficient (Wildman–Crippen LogP) is 2.52. The summed E-state index contributed by atoms with van der Waals surface area (Å²) in [6.07, 6.45) is 2.83. The lowest BCUT2D eigenvalue weighted by atomic mass is 10.2. The second-order valence-corrected chi connectivity index (χ2v) is 3.86. The monoisotopic (exact) mass is 237 g/mol. The zero-order valence-electron chi connectivity index (χ0n) is 8.66. The number of aromatic amines is 1. The third kappa shape index (κ3) is 2.33. The number of anilines is 1. The van der Waals surface area contributed by atoms with Crippen LogP contribution >= 0.6 is 11.6 Å². The molecule has 2 N–H and O–H groups in total. The van der Waals surface area contributed by atoms with Crippen LogP contribution in [0.5, 0.6) is 0 Å². The van der Waals surface area contributed by atoms with Crippen molar-refractivity contribution in [2.75, 3.05) is 11.2 Å². The van der Waals surface area contributed by atoms with Crippen molar-refractivity contribution >= 4 is 34.1 Å². The quantitative estimate of drug-likeness (QED) is 0.803. The molecule has 0 saturated heterocycles. The molecule has 5 heteroatoms. The number of carbonyl (C=O) groups is 1. The second kappa shape index (κ2) is 4.99. The van der Waals surface area contributed by atoms with E-state index in [9.17, 15) is 4.79 Å². The predicted molar refractivity (Wildman–Crippen MR) is 64.7 cm³/mol. The number of hydrogen-bond donors (Lipinski definition) is 2. The standard InChI is InChI=1S/C11H12ClN3O/c12-6-2-5-11(16)14-9-3-1-4-10-8(9)7-13-15-10/h1,3-4,7H,2,5-6H2,(H,13,15)(H,14,16). The lowest BCUT2D eigenvalue weighted by Gasteiger charge is -2.05. The highest BCUT2D eigenvalue weighted by Gasteiger charge is 2.06. The Morgan fingerprint density at radius 1 is 1.50 bits per heavy atom. The number of nitrogens with one attached hydrogen (secondary N) is 2. The fraction of sp³-hybridized carbons (Fsp3) is 0.273. The molecule has 0 atom stereocenters. The van der Waals surface area contributed by atoms with E-state index in [1.807, 2.05) is 18.2 Å². The van der Waals surface area contributed by atoms with Gasteiger partial charge in [0.05, 0.1) is 17.4 Å². The fourth-order valence-corrected chi connectivity index (χ4v) is 1.65. The molecular weight excluding hydrogens is 226 g/mol. The van der Waals surface area contributed by atoms with Gasteiger partial charge in [0.1, 0.15) is 0 Å². The van der Waals surface area contributed by atoms with Gasteiger partial charge in [0.15, 0.2) is 0 Å². The number of hydrogen-bond acceptors (Lipinski definition) is 2. The molecule has 1 aromatic carbocycles. The molecular formula is C11H12ClN3O. The Labute approximate surface area is 98.0 Å². The molecule has 0 saturated carbocycles. The Hall–Kier alpha value is -1.55. The van der Waals surface area contributed by atoms with Gasteiger partial charge in [-0.2, -0.15) is 5.10 Å². The zero-order valence-corrected chi connectivity index (χ0v) is 9.42. The maximum atomic E-state index is 11.5. The molecule has 0 fully saturated rings. The summed E-state index contributed by atoms with van der Waals surface area (Å²) < 4.78 is 0. The molecule has 0 bridgehead atoms. The van der Waals surface area contributed by atoms with E-state index >= 15 is 0 Å². The Morgan fingerprint density at radius 2 is 2.38 bits per heavy atom. The summed E-state index contributed by atoms with van der Waals surface area (Å²) in [5.74, 6) is 0.484. The summed E-state index contributed by atoms with van der Waals surface area (Å²) in [4.78, 5) is 11.5. The molecule has 0 aliphatic heterocycles. The Morgan fingerprint density at radius 3 is 3.19 bits per heavy atom. The van der Waals surface area contributed by atoms with E-state index in [1.54, 1.807) is 6.20 Å². The second-order valence-electron chi connectivity index (χ2n) is 3.48. The molecule has 0 aliphatic rings. The molecule has 4 nitrogen and oxygen atoms in total. The van der Waals surface area contributed by atoms with Gasteiger partial charge in [0.25, 0.3) is 0 Å². The SMILES string of the molecule is O=C(CCCCl)Nc1cccc2[nH]ncc12. The average Bonchev–Trinajstić information content (AvgIpc) is 2.75. The first kappa shape index (κ1) is 11.0. The van der Waals surface area contributed by atoms with E-state index in [0.717, 1.165) is 16.6 Å². The van der Waals surface area contributed by atoms with Gasteiger partial charge in [-0.3, -0.25) is 9.89 Å². The minimum absolute atomic E-state index is 0.0191. The van der Waals surface area contributed by atoms with Crippen LogP contribution in [-0.2, 0) is 4.79 Å². The topological polar surface area (TPSA) is 57.8 Å². The van der Waals surface area contributed by atoms with Crippen molar-refractivity contribution in [2.45, 2.75) is 12.8 Å². The smallest absolute Gasteiger partial charge is 0.224 e. The number of halogens is 1. The minimum atomic E-state index is -0.0191. The molecule has 0 aliphatic carbocycles. The first-order chi connectivity index (χ1) is 7.81. The van der Waals surface area contributed by atoms with Gasteiger partial charge < -0.3 is 5.32 Å². The van der Waals surface area contributed by atoms with Gasteiger partial charge in [-0.1, -0.05) is 6.07 Å². The summed E-state index contributed by atoms with van der Waals surface area (Å²) in [6, 6.07) is 5.64. The van der Waals surface area contributed by atoms with Crippen LogP contribution in [0.2, 0.25) is 0 Å². The van der Waals surface area contributed by atoms with Crippen molar-refractivity contribution in [2.24, 2.45) is 0 Å². The number of nitrogens with zero attached hydrogens (tertiary/aromatic N) is 1. The van der Waals surface area contributed by atoms with E-state index in [4.69, 9.17) is 11.6 Å². The van der Waals surface area contributed by atoms with Gasteiger partial charge in [-0.05, 0) is 18.6 Å². The molecule has 1 amide bonds. The molecule has 84 valence electrons. The highest BCUT2D eigenvalue weighted by molar-refractivity contribution is 6.18. The number of benzene rings is 1. The minimum Gasteiger partial charge on any atom is -0.325 e. The summed E-state index contributed by atoms with van der Waals surface area (Å²) in [5, 5.41) is 10.6. The molecule has 2 aromatic rings. The Balaban J connectivity index is 2.14. The van der Waals surface area contributed by atoms with E-state index in [2.05, 4.69) is 15.5 Å². The number of H-pyrrole nitrogens is 1. The number of fused-ring (bicyclic) bond motifs is 1. The van der Waals surface area contributed by atoms with Crippen molar-refractivity contribution < 1.29 is 4.79 Å². The summed E-state index contributed by atoms with van der Waals surface area (Å²) in [7, 11) is 0. The molecule has 16 heavy (non-hydrogen) atoms. The van der Waals surface area contributed by atoms with Crippen LogP contribution in [0.15, 0.2) is 24.4 Å². The van der Waals surface area contributed by atoms with Gasteiger partial charge >= 0.3 is 0 Å². The number of amides is 1. The lowest BCUT2D eigenvalue weighted by molar-refractivity contribution is -0.116. The van der Waals surface area contributed by atoms with Crippen LogP contribution in [0.3, 0.4) is 0 Å². The average molecular weight is 238 g/mol. The van der Waals surface area contributed by atoms with E-state index < -0.39 is 0 Å². The van der Waals surface area contributed by atoms with Crippen molar-refractivity contribution in [3.05, 3.63) is 24.4 Å². The largest absolute Gasteiger partial charge is 0.325 e. The van der Waals surface area contributed by atoms with Crippen LogP contribution in [0.1, 0.15) is 12.8 Å². The van der Waals surface area contributed by atoms with Crippen molar-refractivity contribution in [3.8, 4) is 0 Å². The third-order valence-corrected chi connectivity index (χ3v) is 2.56. The van der Waals surface area contributed by atoms with Crippen molar-refractivity contribution in [1.82, 2.24) is 10.2 Å². The summed E-state index contributed by atoms with van der Waals surface area (Å²) in [5.41, 5.74) is 1.70. The summed E-state index contributed by atoms with van der Waals surface area (Å²) in [6.45, 7) is 0. The summed E-state index contributed by atoms with van der Waals surface area (Å²) >= 11 is 5.53. The van der Waals surface area contributed by atoms with Gasteiger partial charge in [-0.15, -0.1) is 11.6 Å². The Bertz CT molecular complexity index is 495. The molecule has 0 radical (unpaired) electrons. The molecule has 1 aromatic heterocycles. The van der Waals surface area contributed by atoms with Crippen LogP contribution in [-0.4, -0.2) is 22.0 Å². The van der Waals surface area contributed by atoms with Crippen molar-refractivity contribution in [1.29, 1.82) is 0 Å². The highest BCUT2D eigenvalue weighted by atomic mass is 35.5. The number of alkyl halides is 1. The maximum absolute atomic E-state index is 11.5. The maximum Gasteiger partial charge on any atom is 0.224 e. The molecule has 2 rings (SSSR count). The van der Waals surface area contributed by atoms with E-state index in [-0.39, 0.29) is 5.91 Å². The number of aromatic nitrogens is 2. The molecule has 0 spiro atoms. The zero-order chi connectivity index (χ0) is 11.4. The normalized spacial score (nSPS) is 10.6. The fourth-order valence-electron chi connectivity index (χ4n) is 1.52. The number of carbonyl (C=O) groups excluding carboxylic acids is 1. The van der Waals surface area contributed by atoms with Crippen LogP contribution in [0.25, 0.3) is 10.9 Å². The molecule has 1 heterocycles. The van der Waals surface area contributed by atoms with E-state index in [0.29, 0.717) is 18.7 Å². The van der Waals surface area contributed by atoms with Crippen LogP contribution < -0.4 is 5.32 Å². The first-order valence-electron chi connectivity index (χ1n) is 5.09. The highest BCUT2D eigenvalue weighted by Crippen LogP contribution is 2.21. The van der Waals surface area contributed by atoms with Crippen LogP contribution in [0, 0.1) is 0 Å².